The molecule has 7 nitrogen and oxygen atoms in total. The number of benzene rings is 2. The summed E-state index contributed by atoms with van der Waals surface area (Å²) in [5.74, 6) is -0.162. The molecule has 0 aliphatic carbocycles. The molecule has 0 spiro atoms. The van der Waals surface area contributed by atoms with Crippen molar-refractivity contribution < 1.29 is 52.4 Å². The number of ether oxygens (including phenoxy) is 2. The first-order valence-corrected chi connectivity index (χ1v) is 12.4. The number of aromatic nitrogens is 1. The van der Waals surface area contributed by atoms with Gasteiger partial charge in [-0.3, -0.25) is 9.59 Å². The first-order valence-electron chi connectivity index (χ1n) is 12.4. The van der Waals surface area contributed by atoms with Gasteiger partial charge in [-0.15, -0.1) is 0 Å². The fraction of sp³-hybridized carbons (Fsp3) is 0.310. The smallest absolute Gasteiger partial charge is 0.344 e. The number of fused-ring (bicyclic) bond motifs is 1. The van der Waals surface area contributed by atoms with Crippen molar-refractivity contribution in [1.82, 2.24) is 0 Å². The zero-order valence-electron chi connectivity index (χ0n) is 20.9. The molecule has 0 atom stereocenters. The van der Waals surface area contributed by atoms with Crippen molar-refractivity contribution in [2.75, 3.05) is 18.1 Å². The van der Waals surface area contributed by atoms with E-state index in [0.717, 1.165) is 38.5 Å². The van der Waals surface area contributed by atoms with Gasteiger partial charge in [-0.2, -0.15) is 0 Å². The number of carbonyl (C=O) groups is 3. The summed E-state index contributed by atoms with van der Waals surface area (Å²) < 4.78 is 13.0. The average Bonchev–Trinajstić information content (AvgIpc) is 3.15. The molecule has 2 aromatic carbocycles. The zero-order chi connectivity index (χ0) is 25.3. The van der Waals surface area contributed by atoms with Crippen LogP contribution in [-0.4, -0.2) is 31.0 Å². The number of aryl methyl sites for hydroxylation is 1. The number of amides is 2. The van der Waals surface area contributed by atoms with Crippen LogP contribution in [0.5, 0.6) is 5.75 Å². The molecule has 0 radical (unpaired) electrons. The van der Waals surface area contributed by atoms with Crippen LogP contribution >= 0.6 is 0 Å². The number of nitrogens with zero attached hydrogens (tertiary/aromatic N) is 2. The quantitative estimate of drug-likeness (QED) is 0.103. The van der Waals surface area contributed by atoms with E-state index in [1.54, 1.807) is 60.8 Å². The SMILES string of the molecule is C[n+]1cccc(C(=O)OCCCCCCCCOc2ccc(N3C(=O)c4ccccc4C3=O)cc2)c1.[I-]. The minimum absolute atomic E-state index is 0. The van der Waals surface area contributed by atoms with E-state index in [0.29, 0.717) is 41.3 Å². The molecule has 4 rings (SSSR count). The standard InChI is InChI=1S/C29H31N2O5.HI/c1-30-18-10-11-22(21-30)29(34)36-20-9-5-3-2-4-8-19-35-24-16-14-23(15-17-24)31-27(32)25-12-6-7-13-26(25)28(31)33;/h6-7,10-18,21H,2-5,8-9,19-20H2,1H3;1H/q+1;/p-1. The van der Waals surface area contributed by atoms with E-state index >= 15 is 0 Å². The normalized spacial score (nSPS) is 12.2. The lowest BCUT2D eigenvalue weighted by Gasteiger charge is -2.14. The van der Waals surface area contributed by atoms with Crippen LogP contribution in [0, 0.1) is 0 Å². The highest BCUT2D eigenvalue weighted by molar-refractivity contribution is 6.34. The second-order valence-electron chi connectivity index (χ2n) is 8.85. The lowest BCUT2D eigenvalue weighted by Crippen LogP contribution is -3.00. The van der Waals surface area contributed by atoms with Crippen LogP contribution in [0.25, 0.3) is 0 Å². The van der Waals surface area contributed by atoms with Crippen molar-refractivity contribution in [3.63, 3.8) is 0 Å². The Bertz CT molecular complexity index is 1190. The van der Waals surface area contributed by atoms with E-state index < -0.39 is 0 Å². The average molecular weight is 614 g/mol. The second kappa shape index (κ2) is 13.9. The van der Waals surface area contributed by atoms with Gasteiger partial charge >= 0.3 is 5.97 Å². The summed E-state index contributed by atoms with van der Waals surface area (Å²) in [6.45, 7) is 1.05. The summed E-state index contributed by atoms with van der Waals surface area (Å²) in [4.78, 5) is 38.4. The fourth-order valence-electron chi connectivity index (χ4n) is 4.17. The highest BCUT2D eigenvalue weighted by atomic mass is 127. The van der Waals surface area contributed by atoms with Crippen molar-refractivity contribution in [1.29, 1.82) is 0 Å². The van der Waals surface area contributed by atoms with Gasteiger partial charge in [0.15, 0.2) is 12.4 Å². The number of esters is 1. The monoisotopic (exact) mass is 614 g/mol. The first-order chi connectivity index (χ1) is 17.5. The largest absolute Gasteiger partial charge is 1.00 e. The molecule has 8 heteroatoms. The van der Waals surface area contributed by atoms with Crippen molar-refractivity contribution in [2.45, 2.75) is 38.5 Å². The predicted octanol–water partition coefficient (Wildman–Crippen LogP) is 1.89. The van der Waals surface area contributed by atoms with Gasteiger partial charge in [-0.1, -0.05) is 37.8 Å². The van der Waals surface area contributed by atoms with Gasteiger partial charge in [0, 0.05) is 6.07 Å². The molecular formula is C29H31IN2O5. The molecule has 0 bridgehead atoms. The Morgan fingerprint density at radius 3 is 2.00 bits per heavy atom. The second-order valence-corrected chi connectivity index (χ2v) is 8.85. The third kappa shape index (κ3) is 7.38. The molecule has 194 valence electrons. The number of carbonyl (C=O) groups excluding carboxylic acids is 3. The third-order valence-corrected chi connectivity index (χ3v) is 6.10. The lowest BCUT2D eigenvalue weighted by molar-refractivity contribution is -0.671. The minimum atomic E-state index is -0.298. The van der Waals surface area contributed by atoms with Crippen LogP contribution in [0.2, 0.25) is 0 Å². The summed E-state index contributed by atoms with van der Waals surface area (Å²) in [5.41, 5.74) is 1.98. The van der Waals surface area contributed by atoms with Crippen LogP contribution in [0.1, 0.15) is 69.6 Å². The van der Waals surface area contributed by atoms with Gasteiger partial charge in [0.2, 0.25) is 0 Å². The van der Waals surface area contributed by atoms with E-state index in [4.69, 9.17) is 9.47 Å². The molecule has 1 aliphatic heterocycles. The van der Waals surface area contributed by atoms with E-state index in [1.807, 2.05) is 23.9 Å². The van der Waals surface area contributed by atoms with Crippen LogP contribution in [-0.2, 0) is 11.8 Å². The Balaban J connectivity index is 0.00000380. The van der Waals surface area contributed by atoms with Gasteiger partial charge in [0.05, 0.1) is 30.0 Å². The van der Waals surface area contributed by atoms with Crippen molar-refractivity contribution >= 4 is 23.5 Å². The molecule has 0 N–H and O–H groups in total. The zero-order valence-corrected chi connectivity index (χ0v) is 23.1. The number of hydrogen-bond acceptors (Lipinski definition) is 5. The first kappa shape index (κ1) is 28.3. The molecule has 3 aromatic rings. The maximum atomic E-state index is 12.6. The van der Waals surface area contributed by atoms with Crippen LogP contribution in [0.3, 0.4) is 0 Å². The molecule has 0 saturated heterocycles. The molecule has 0 saturated carbocycles. The Morgan fingerprint density at radius 1 is 0.784 bits per heavy atom. The number of unbranched alkanes of at least 4 members (excludes halogenated alkanes) is 5. The van der Waals surface area contributed by atoms with Crippen LogP contribution in [0.4, 0.5) is 5.69 Å². The van der Waals surface area contributed by atoms with Crippen molar-refractivity contribution in [2.24, 2.45) is 7.05 Å². The van der Waals surface area contributed by atoms with Crippen molar-refractivity contribution in [3.05, 3.63) is 89.7 Å². The molecule has 37 heavy (non-hydrogen) atoms. The van der Waals surface area contributed by atoms with Gasteiger partial charge in [-0.05, 0) is 55.3 Å². The highest BCUT2D eigenvalue weighted by Gasteiger charge is 2.36. The summed E-state index contributed by atoms with van der Waals surface area (Å²) in [5, 5.41) is 0. The summed E-state index contributed by atoms with van der Waals surface area (Å²) >= 11 is 0. The van der Waals surface area contributed by atoms with Crippen LogP contribution < -0.4 is 38.2 Å². The molecular weight excluding hydrogens is 583 g/mol. The number of anilines is 1. The van der Waals surface area contributed by atoms with Gasteiger partial charge < -0.3 is 33.5 Å². The maximum absolute atomic E-state index is 12.6. The number of pyridine rings is 1. The maximum Gasteiger partial charge on any atom is 0.344 e. The molecule has 0 fully saturated rings. The fourth-order valence-corrected chi connectivity index (χ4v) is 4.17. The topological polar surface area (TPSA) is 76.8 Å². The minimum Gasteiger partial charge on any atom is -1.00 e. The van der Waals surface area contributed by atoms with Crippen molar-refractivity contribution in [3.8, 4) is 5.75 Å². The number of hydrogen-bond donors (Lipinski definition) is 0. The number of halogens is 1. The Morgan fingerprint density at radius 2 is 1.38 bits per heavy atom. The van der Waals surface area contributed by atoms with E-state index in [1.165, 1.54) is 4.90 Å². The van der Waals surface area contributed by atoms with Gasteiger partial charge in [0.1, 0.15) is 18.4 Å². The molecule has 1 aliphatic rings. The Hall–Kier alpha value is -3.27. The highest BCUT2D eigenvalue weighted by Crippen LogP contribution is 2.29. The molecule has 2 amide bonds. The summed E-state index contributed by atoms with van der Waals surface area (Å²) in [6, 6.07) is 17.5. The van der Waals surface area contributed by atoms with Gasteiger partial charge in [0.25, 0.3) is 11.8 Å². The summed E-state index contributed by atoms with van der Waals surface area (Å²) in [7, 11) is 1.87. The predicted molar refractivity (Wildman–Crippen MR) is 135 cm³/mol. The van der Waals surface area contributed by atoms with Gasteiger partial charge in [-0.25, -0.2) is 14.3 Å². The summed E-state index contributed by atoms with van der Waals surface area (Å²) in [6.07, 6.45) is 9.72. The third-order valence-electron chi connectivity index (χ3n) is 6.10. The molecule has 0 unspecified atom stereocenters. The number of rotatable bonds is 12. The molecule has 2 heterocycles. The van der Waals surface area contributed by atoms with E-state index in [2.05, 4.69) is 0 Å². The number of imide groups is 1. The Labute approximate surface area is 234 Å². The van der Waals surface area contributed by atoms with Crippen LogP contribution in [0.15, 0.2) is 73.1 Å². The molecule has 1 aromatic heterocycles. The van der Waals surface area contributed by atoms with E-state index in [-0.39, 0.29) is 41.8 Å². The Kier molecular flexibility index (Phi) is 10.6. The van der Waals surface area contributed by atoms with E-state index in [9.17, 15) is 14.4 Å². The lowest BCUT2D eigenvalue weighted by atomic mass is 10.1.